The SMILES string of the molecule is COc1ccc(S(=O)(=O)Nc2ccc(C#N)c(OCCN(C)C)c2)cc1OC. The highest BCUT2D eigenvalue weighted by Gasteiger charge is 2.18. The zero-order chi connectivity index (χ0) is 20.7. The van der Waals surface area contributed by atoms with Crippen molar-refractivity contribution >= 4 is 15.7 Å². The highest BCUT2D eigenvalue weighted by molar-refractivity contribution is 7.92. The van der Waals surface area contributed by atoms with Crippen molar-refractivity contribution in [1.29, 1.82) is 5.26 Å². The van der Waals surface area contributed by atoms with E-state index in [1.165, 1.54) is 50.6 Å². The van der Waals surface area contributed by atoms with Crippen molar-refractivity contribution in [2.75, 3.05) is 46.2 Å². The lowest BCUT2D eigenvalue weighted by atomic mass is 10.2. The monoisotopic (exact) mass is 405 g/mol. The fraction of sp³-hybridized carbons (Fsp3) is 0.316. The first-order valence-electron chi connectivity index (χ1n) is 8.37. The average Bonchev–Trinajstić information content (AvgIpc) is 2.67. The number of nitrogens with one attached hydrogen (secondary N) is 1. The Morgan fingerprint density at radius 3 is 2.36 bits per heavy atom. The zero-order valence-electron chi connectivity index (χ0n) is 16.2. The summed E-state index contributed by atoms with van der Waals surface area (Å²) in [5.41, 5.74) is 0.612. The molecule has 2 aromatic rings. The van der Waals surface area contributed by atoms with Crippen LogP contribution in [0.5, 0.6) is 17.2 Å². The number of likely N-dealkylation sites (N-methyl/N-ethyl adjacent to an activating group) is 1. The second kappa shape index (κ2) is 9.30. The number of ether oxygens (including phenoxy) is 3. The van der Waals surface area contributed by atoms with Crippen LogP contribution in [0.1, 0.15) is 5.56 Å². The third kappa shape index (κ3) is 5.28. The Balaban J connectivity index is 2.27. The predicted octanol–water partition coefficient (Wildman–Crippen LogP) is 2.32. The summed E-state index contributed by atoms with van der Waals surface area (Å²) in [5.74, 6) is 1.05. The predicted molar refractivity (Wildman–Crippen MR) is 106 cm³/mol. The van der Waals surface area contributed by atoms with E-state index in [2.05, 4.69) is 4.72 Å². The normalized spacial score (nSPS) is 11.0. The van der Waals surface area contributed by atoms with Crippen LogP contribution < -0.4 is 18.9 Å². The Hall–Kier alpha value is -2.96. The van der Waals surface area contributed by atoms with Crippen molar-refractivity contribution in [2.45, 2.75) is 4.90 Å². The van der Waals surface area contributed by atoms with Gasteiger partial charge in [-0.25, -0.2) is 8.42 Å². The smallest absolute Gasteiger partial charge is 0.262 e. The number of sulfonamides is 1. The fourth-order valence-electron chi connectivity index (χ4n) is 2.33. The quantitative estimate of drug-likeness (QED) is 0.683. The molecule has 0 fully saturated rings. The molecule has 0 heterocycles. The highest BCUT2D eigenvalue weighted by atomic mass is 32.2. The van der Waals surface area contributed by atoms with Crippen LogP contribution in [0.25, 0.3) is 0 Å². The van der Waals surface area contributed by atoms with E-state index in [1.54, 1.807) is 0 Å². The van der Waals surface area contributed by atoms with Crippen LogP contribution in [-0.4, -0.2) is 54.8 Å². The molecule has 0 unspecified atom stereocenters. The van der Waals surface area contributed by atoms with Crippen LogP contribution in [0.15, 0.2) is 41.3 Å². The van der Waals surface area contributed by atoms with Crippen LogP contribution in [0.4, 0.5) is 5.69 Å². The van der Waals surface area contributed by atoms with Crippen LogP contribution in [0, 0.1) is 11.3 Å². The third-order valence-corrected chi connectivity index (χ3v) is 5.19. The number of hydrogen-bond acceptors (Lipinski definition) is 7. The zero-order valence-corrected chi connectivity index (χ0v) is 17.0. The highest BCUT2D eigenvalue weighted by Crippen LogP contribution is 2.31. The molecule has 28 heavy (non-hydrogen) atoms. The fourth-order valence-corrected chi connectivity index (χ4v) is 3.40. The van der Waals surface area contributed by atoms with Crippen LogP contribution in [-0.2, 0) is 10.0 Å². The van der Waals surface area contributed by atoms with Gasteiger partial charge in [0, 0.05) is 18.7 Å². The van der Waals surface area contributed by atoms with Gasteiger partial charge in [-0.15, -0.1) is 0 Å². The Labute approximate surface area is 165 Å². The number of nitrogens with zero attached hydrogens (tertiary/aromatic N) is 2. The van der Waals surface area contributed by atoms with Gasteiger partial charge in [0.25, 0.3) is 10.0 Å². The molecule has 150 valence electrons. The molecule has 0 aliphatic carbocycles. The van der Waals surface area contributed by atoms with Crippen LogP contribution in [0.2, 0.25) is 0 Å². The maximum absolute atomic E-state index is 12.7. The van der Waals surface area contributed by atoms with Crippen molar-refractivity contribution in [1.82, 2.24) is 4.90 Å². The average molecular weight is 405 g/mol. The van der Waals surface area contributed by atoms with Crippen molar-refractivity contribution in [3.8, 4) is 23.3 Å². The first-order valence-corrected chi connectivity index (χ1v) is 9.85. The molecule has 0 saturated heterocycles. The Morgan fingerprint density at radius 1 is 1.04 bits per heavy atom. The lowest BCUT2D eigenvalue weighted by Gasteiger charge is -2.14. The topological polar surface area (TPSA) is 101 Å². The second-order valence-corrected chi connectivity index (χ2v) is 7.78. The molecule has 2 rings (SSSR count). The van der Waals surface area contributed by atoms with Gasteiger partial charge < -0.3 is 19.1 Å². The summed E-state index contributed by atoms with van der Waals surface area (Å²) in [7, 11) is 2.84. The summed E-state index contributed by atoms with van der Waals surface area (Å²) in [6.45, 7) is 1.03. The summed E-state index contributed by atoms with van der Waals surface area (Å²) in [5, 5.41) is 9.23. The maximum Gasteiger partial charge on any atom is 0.262 e. The van der Waals surface area contributed by atoms with E-state index in [-0.39, 0.29) is 10.6 Å². The summed E-state index contributed by atoms with van der Waals surface area (Å²) in [4.78, 5) is 1.96. The van der Waals surface area contributed by atoms with Crippen molar-refractivity contribution in [3.63, 3.8) is 0 Å². The number of nitriles is 1. The van der Waals surface area contributed by atoms with Gasteiger partial charge in [0.05, 0.1) is 30.4 Å². The summed E-state index contributed by atoms with van der Waals surface area (Å²) >= 11 is 0. The van der Waals surface area contributed by atoms with E-state index in [0.29, 0.717) is 36.0 Å². The van der Waals surface area contributed by atoms with Crippen molar-refractivity contribution in [3.05, 3.63) is 42.0 Å². The molecule has 0 aliphatic rings. The molecule has 0 spiro atoms. The number of rotatable bonds is 9. The summed E-state index contributed by atoms with van der Waals surface area (Å²) in [6.07, 6.45) is 0. The van der Waals surface area contributed by atoms with Crippen molar-refractivity contribution < 1.29 is 22.6 Å². The minimum absolute atomic E-state index is 0.0181. The van der Waals surface area contributed by atoms with E-state index in [0.717, 1.165) is 0 Å². The molecule has 0 radical (unpaired) electrons. The molecule has 8 nitrogen and oxygen atoms in total. The molecule has 0 amide bonds. The van der Waals surface area contributed by atoms with Gasteiger partial charge in [-0.1, -0.05) is 0 Å². The minimum atomic E-state index is -3.87. The number of benzene rings is 2. The Kier molecular flexibility index (Phi) is 7.09. The van der Waals surface area contributed by atoms with E-state index in [9.17, 15) is 13.7 Å². The number of hydrogen-bond donors (Lipinski definition) is 1. The second-order valence-electron chi connectivity index (χ2n) is 6.10. The van der Waals surface area contributed by atoms with E-state index in [1.807, 2.05) is 25.1 Å². The van der Waals surface area contributed by atoms with Gasteiger partial charge >= 0.3 is 0 Å². The van der Waals surface area contributed by atoms with Gasteiger partial charge in [0.1, 0.15) is 18.4 Å². The summed E-state index contributed by atoms with van der Waals surface area (Å²) < 4.78 is 43.8. The first kappa shape index (κ1) is 21.3. The minimum Gasteiger partial charge on any atom is -0.493 e. The maximum atomic E-state index is 12.7. The van der Waals surface area contributed by atoms with Gasteiger partial charge in [0.15, 0.2) is 11.5 Å². The molecule has 0 bridgehead atoms. The van der Waals surface area contributed by atoms with E-state index >= 15 is 0 Å². The lowest BCUT2D eigenvalue weighted by molar-refractivity contribution is 0.261. The lowest BCUT2D eigenvalue weighted by Crippen LogP contribution is -2.19. The first-order chi connectivity index (χ1) is 13.3. The van der Waals surface area contributed by atoms with Gasteiger partial charge in [-0.3, -0.25) is 4.72 Å². The molecule has 0 aromatic heterocycles. The molecule has 9 heteroatoms. The molecular formula is C19H23N3O5S. The van der Waals surface area contributed by atoms with Crippen molar-refractivity contribution in [2.24, 2.45) is 0 Å². The molecule has 1 N–H and O–H groups in total. The molecule has 0 aliphatic heterocycles. The third-order valence-electron chi connectivity index (χ3n) is 3.82. The number of anilines is 1. The molecule has 0 atom stereocenters. The van der Waals surface area contributed by atoms with E-state index in [4.69, 9.17) is 14.2 Å². The van der Waals surface area contributed by atoms with Gasteiger partial charge in [0.2, 0.25) is 0 Å². The Morgan fingerprint density at radius 2 is 1.75 bits per heavy atom. The molecule has 0 saturated carbocycles. The van der Waals surface area contributed by atoms with Crippen LogP contribution >= 0.6 is 0 Å². The standard InChI is InChI=1S/C19H23N3O5S/c1-22(2)9-10-27-18-11-15(6-5-14(18)13-20)21-28(23,24)16-7-8-17(25-3)19(12-16)26-4/h5-8,11-12,21H,9-10H2,1-4H3. The largest absolute Gasteiger partial charge is 0.493 e. The summed E-state index contributed by atoms with van der Waals surface area (Å²) in [6, 6.07) is 10.9. The molecule has 2 aromatic carbocycles. The van der Waals surface area contributed by atoms with Crippen LogP contribution in [0.3, 0.4) is 0 Å². The molecular weight excluding hydrogens is 382 g/mol. The Bertz CT molecular complexity index is 968. The van der Waals surface area contributed by atoms with E-state index < -0.39 is 10.0 Å². The van der Waals surface area contributed by atoms with Gasteiger partial charge in [-0.2, -0.15) is 5.26 Å². The van der Waals surface area contributed by atoms with Gasteiger partial charge in [-0.05, 0) is 38.4 Å². The number of methoxy groups -OCH3 is 2.